The molecule has 2 heterocycles. The third-order valence-electron chi connectivity index (χ3n) is 5.35. The van der Waals surface area contributed by atoms with Crippen LogP contribution in [0.5, 0.6) is 11.5 Å². The van der Waals surface area contributed by atoms with Gasteiger partial charge in [-0.15, -0.1) is 11.3 Å². The van der Waals surface area contributed by atoms with Gasteiger partial charge in [-0.3, -0.25) is 4.79 Å². The molecule has 0 spiro atoms. The van der Waals surface area contributed by atoms with Crippen LogP contribution in [0.2, 0.25) is 0 Å². The Hall–Kier alpha value is -2.63. The van der Waals surface area contributed by atoms with E-state index in [1.54, 1.807) is 6.07 Å². The Morgan fingerprint density at radius 1 is 1.00 bits per heavy atom. The molecule has 4 nitrogen and oxygen atoms in total. The lowest BCUT2D eigenvalue weighted by atomic mass is 9.95. The first-order valence-corrected chi connectivity index (χ1v) is 11.0. The molecule has 4 rings (SSSR count). The summed E-state index contributed by atoms with van der Waals surface area (Å²) in [6.07, 6.45) is 2.39. The van der Waals surface area contributed by atoms with E-state index >= 15 is 0 Å². The van der Waals surface area contributed by atoms with Crippen molar-refractivity contribution in [1.29, 1.82) is 0 Å². The van der Waals surface area contributed by atoms with Crippen LogP contribution >= 0.6 is 11.3 Å². The number of nitrogens with zero attached hydrogens (tertiary/aromatic N) is 1. The number of hydrogen-bond acceptors (Lipinski definition) is 4. The molecule has 3 aromatic rings. The molecular formula is C24H26N2O2S. The van der Waals surface area contributed by atoms with Crippen molar-refractivity contribution in [1.82, 2.24) is 10.2 Å². The summed E-state index contributed by atoms with van der Waals surface area (Å²) in [7, 11) is 0. The number of likely N-dealkylation sites (tertiary alicyclic amines) is 1. The molecular weight excluding hydrogens is 380 g/mol. The van der Waals surface area contributed by atoms with Crippen molar-refractivity contribution in [3.8, 4) is 11.5 Å². The normalized spacial score (nSPS) is 15.2. The maximum atomic E-state index is 12.7. The molecule has 29 heavy (non-hydrogen) atoms. The molecule has 1 aromatic heterocycles. The zero-order chi connectivity index (χ0) is 19.9. The molecule has 0 radical (unpaired) electrons. The van der Waals surface area contributed by atoms with Gasteiger partial charge in [0, 0.05) is 18.0 Å². The van der Waals surface area contributed by atoms with Crippen LogP contribution in [0.4, 0.5) is 0 Å². The average Bonchev–Trinajstić information content (AvgIpc) is 3.30. The first-order chi connectivity index (χ1) is 14.3. The Labute approximate surface area is 176 Å². The first-order valence-electron chi connectivity index (χ1n) is 10.2. The van der Waals surface area contributed by atoms with Crippen LogP contribution in [0, 0.1) is 0 Å². The molecule has 0 unspecified atom stereocenters. The summed E-state index contributed by atoms with van der Waals surface area (Å²) in [5.41, 5.74) is 0.563. The lowest BCUT2D eigenvalue weighted by Crippen LogP contribution is -2.39. The molecule has 1 saturated heterocycles. The van der Waals surface area contributed by atoms with Crippen LogP contribution in [-0.4, -0.2) is 37.0 Å². The standard InChI is InChI=1S/C24H26N2O2S/c27-24(21-9-4-5-10-22(21)28-20-7-2-1-3-8-20)25-14-17-26-15-12-19(13-16-26)23-11-6-18-29-23/h1-11,18-19H,12-17H2,(H,25,27). The SMILES string of the molecule is O=C(NCCN1CCC(c2cccs2)CC1)c1ccccc1Oc1ccccc1. The molecule has 0 aliphatic carbocycles. The van der Waals surface area contributed by atoms with Crippen molar-refractivity contribution in [2.45, 2.75) is 18.8 Å². The van der Waals surface area contributed by atoms with E-state index in [9.17, 15) is 4.79 Å². The third kappa shape index (κ3) is 5.25. The maximum absolute atomic E-state index is 12.7. The molecule has 2 aromatic carbocycles. The molecule has 0 saturated carbocycles. The summed E-state index contributed by atoms with van der Waals surface area (Å²) >= 11 is 1.86. The van der Waals surface area contributed by atoms with E-state index in [1.165, 1.54) is 17.7 Å². The number of piperidine rings is 1. The second kappa shape index (κ2) is 9.72. The first kappa shape index (κ1) is 19.7. The van der Waals surface area contributed by atoms with Crippen molar-refractivity contribution >= 4 is 17.2 Å². The molecule has 5 heteroatoms. The summed E-state index contributed by atoms with van der Waals surface area (Å²) < 4.78 is 5.90. The highest BCUT2D eigenvalue weighted by atomic mass is 32.1. The van der Waals surface area contributed by atoms with Crippen LogP contribution in [0.1, 0.15) is 34.0 Å². The van der Waals surface area contributed by atoms with Gasteiger partial charge in [0.2, 0.25) is 0 Å². The fourth-order valence-corrected chi connectivity index (χ4v) is 4.65. The summed E-state index contributed by atoms with van der Waals surface area (Å²) in [5, 5.41) is 5.22. The van der Waals surface area contributed by atoms with Crippen molar-refractivity contribution in [2.75, 3.05) is 26.2 Å². The third-order valence-corrected chi connectivity index (χ3v) is 6.38. The Morgan fingerprint density at radius 3 is 2.52 bits per heavy atom. The number of para-hydroxylation sites is 2. The minimum Gasteiger partial charge on any atom is -0.457 e. The second-order valence-electron chi connectivity index (χ2n) is 7.30. The molecule has 0 bridgehead atoms. The number of hydrogen-bond donors (Lipinski definition) is 1. The van der Waals surface area contributed by atoms with Gasteiger partial charge in [0.25, 0.3) is 5.91 Å². The average molecular weight is 407 g/mol. The zero-order valence-electron chi connectivity index (χ0n) is 16.4. The fourth-order valence-electron chi connectivity index (χ4n) is 3.75. The van der Waals surface area contributed by atoms with Crippen LogP contribution in [0.3, 0.4) is 0 Å². The number of carbonyl (C=O) groups excluding carboxylic acids is 1. The van der Waals surface area contributed by atoms with E-state index < -0.39 is 0 Å². The minimum atomic E-state index is -0.0926. The van der Waals surface area contributed by atoms with E-state index in [0.717, 1.165) is 25.4 Å². The second-order valence-corrected chi connectivity index (χ2v) is 8.28. The number of thiophene rings is 1. The summed E-state index contributed by atoms with van der Waals surface area (Å²) in [4.78, 5) is 16.6. The van der Waals surface area contributed by atoms with E-state index in [0.29, 0.717) is 23.8 Å². The highest BCUT2D eigenvalue weighted by Gasteiger charge is 2.21. The lowest BCUT2D eigenvalue weighted by Gasteiger charge is -2.31. The van der Waals surface area contributed by atoms with Crippen LogP contribution < -0.4 is 10.1 Å². The largest absolute Gasteiger partial charge is 0.457 e. The smallest absolute Gasteiger partial charge is 0.255 e. The number of carbonyl (C=O) groups is 1. The van der Waals surface area contributed by atoms with E-state index in [1.807, 2.05) is 59.9 Å². The van der Waals surface area contributed by atoms with E-state index in [2.05, 4.69) is 27.7 Å². The highest BCUT2D eigenvalue weighted by molar-refractivity contribution is 7.10. The molecule has 0 atom stereocenters. The van der Waals surface area contributed by atoms with Gasteiger partial charge in [0.1, 0.15) is 11.5 Å². The van der Waals surface area contributed by atoms with Gasteiger partial charge in [-0.25, -0.2) is 0 Å². The summed E-state index contributed by atoms with van der Waals surface area (Å²) in [6, 6.07) is 21.3. The van der Waals surface area contributed by atoms with Gasteiger partial charge in [-0.2, -0.15) is 0 Å². The van der Waals surface area contributed by atoms with E-state index in [4.69, 9.17) is 4.74 Å². The Bertz CT molecular complexity index is 904. The van der Waals surface area contributed by atoms with Crippen molar-refractivity contribution in [2.24, 2.45) is 0 Å². The monoisotopic (exact) mass is 406 g/mol. The zero-order valence-corrected chi connectivity index (χ0v) is 17.2. The van der Waals surface area contributed by atoms with Gasteiger partial charge in [0.05, 0.1) is 5.56 Å². The Morgan fingerprint density at radius 2 is 1.76 bits per heavy atom. The maximum Gasteiger partial charge on any atom is 0.255 e. The van der Waals surface area contributed by atoms with Gasteiger partial charge >= 0.3 is 0 Å². The molecule has 1 aliphatic heterocycles. The van der Waals surface area contributed by atoms with Gasteiger partial charge in [0.15, 0.2) is 0 Å². The number of amides is 1. The molecule has 1 amide bonds. The summed E-state index contributed by atoms with van der Waals surface area (Å²) in [5.74, 6) is 1.90. The molecule has 1 N–H and O–H groups in total. The highest BCUT2D eigenvalue weighted by Crippen LogP contribution is 2.30. The predicted molar refractivity (Wildman–Crippen MR) is 118 cm³/mol. The number of ether oxygens (including phenoxy) is 1. The van der Waals surface area contributed by atoms with Crippen molar-refractivity contribution < 1.29 is 9.53 Å². The van der Waals surface area contributed by atoms with Crippen molar-refractivity contribution in [3.05, 3.63) is 82.6 Å². The van der Waals surface area contributed by atoms with Gasteiger partial charge in [-0.05, 0) is 67.6 Å². The Kier molecular flexibility index (Phi) is 6.60. The van der Waals surface area contributed by atoms with Crippen LogP contribution in [0.25, 0.3) is 0 Å². The number of nitrogens with one attached hydrogen (secondary N) is 1. The van der Waals surface area contributed by atoms with Crippen LogP contribution in [-0.2, 0) is 0 Å². The summed E-state index contributed by atoms with van der Waals surface area (Å²) in [6.45, 7) is 3.70. The van der Waals surface area contributed by atoms with Crippen molar-refractivity contribution in [3.63, 3.8) is 0 Å². The molecule has 150 valence electrons. The molecule has 1 aliphatic rings. The van der Waals surface area contributed by atoms with Gasteiger partial charge in [-0.1, -0.05) is 36.4 Å². The quantitative estimate of drug-likeness (QED) is 0.590. The predicted octanol–water partition coefficient (Wildman–Crippen LogP) is 5.15. The van der Waals surface area contributed by atoms with Crippen LogP contribution in [0.15, 0.2) is 72.1 Å². The number of benzene rings is 2. The van der Waals surface area contributed by atoms with E-state index in [-0.39, 0.29) is 5.91 Å². The molecule has 1 fully saturated rings. The lowest BCUT2D eigenvalue weighted by molar-refractivity contribution is 0.0943. The topological polar surface area (TPSA) is 41.6 Å². The Balaban J connectivity index is 1.26. The minimum absolute atomic E-state index is 0.0926. The number of rotatable bonds is 7. The van der Waals surface area contributed by atoms with Gasteiger partial charge < -0.3 is 15.0 Å². The fraction of sp³-hybridized carbons (Fsp3) is 0.292.